The molecule has 3 N–H and O–H groups in total. The predicted octanol–water partition coefficient (Wildman–Crippen LogP) is 0.620. The Balaban J connectivity index is 0.000000810. The van der Waals surface area contributed by atoms with E-state index in [0.717, 1.165) is 12.8 Å². The molecule has 1 fully saturated rings. The van der Waals surface area contributed by atoms with Gasteiger partial charge in [-0.1, -0.05) is 6.92 Å². The van der Waals surface area contributed by atoms with Crippen LogP contribution in [0, 0.1) is 5.41 Å². The Morgan fingerprint density at radius 1 is 1.70 bits per heavy atom. The minimum atomic E-state index is -0.880. The van der Waals surface area contributed by atoms with Gasteiger partial charge in [0.15, 0.2) is 0 Å². The molecule has 0 aromatic carbocycles. The Hall–Kier alpha value is -0.280. The largest absolute Gasteiger partial charge is 0.480 e. The predicted molar refractivity (Wildman–Crippen MR) is 40.2 cm³/mol. The number of carbonyl (C=O) groups is 1. The summed E-state index contributed by atoms with van der Waals surface area (Å²) in [7, 11) is 0. The van der Waals surface area contributed by atoms with E-state index in [4.69, 9.17) is 10.8 Å². The normalized spacial score (nSPS) is 22.6. The highest BCUT2D eigenvalue weighted by Gasteiger charge is 2.46. The van der Waals surface area contributed by atoms with Crippen LogP contribution in [0.2, 0.25) is 0 Å². The van der Waals surface area contributed by atoms with Gasteiger partial charge in [0.1, 0.15) is 6.04 Å². The molecule has 1 aliphatic carbocycles. The molecule has 1 aliphatic rings. The molecule has 10 heavy (non-hydrogen) atoms. The molecule has 1 saturated carbocycles. The van der Waals surface area contributed by atoms with Crippen molar-refractivity contribution in [3.63, 3.8) is 0 Å². The third kappa shape index (κ3) is 1.61. The maximum Gasteiger partial charge on any atom is 0.321 e. The first kappa shape index (κ1) is 9.72. The molecule has 0 bridgehead atoms. The van der Waals surface area contributed by atoms with Crippen molar-refractivity contribution >= 4 is 18.4 Å². The molecule has 1 atom stereocenters. The maximum atomic E-state index is 10.3. The molecule has 60 valence electrons. The first-order chi connectivity index (χ1) is 4.06. The van der Waals surface area contributed by atoms with Crippen molar-refractivity contribution in [1.29, 1.82) is 0 Å². The summed E-state index contributed by atoms with van der Waals surface area (Å²) in [5, 5.41) is 8.43. The molecule has 0 spiro atoms. The van der Waals surface area contributed by atoms with E-state index < -0.39 is 12.0 Å². The third-order valence-electron chi connectivity index (χ3n) is 2.06. The topological polar surface area (TPSA) is 63.3 Å². The zero-order chi connectivity index (χ0) is 7.07. The van der Waals surface area contributed by atoms with Crippen LogP contribution < -0.4 is 5.73 Å². The molecule has 0 radical (unpaired) electrons. The van der Waals surface area contributed by atoms with Gasteiger partial charge in [-0.15, -0.1) is 12.4 Å². The van der Waals surface area contributed by atoms with Gasteiger partial charge in [0.2, 0.25) is 0 Å². The van der Waals surface area contributed by atoms with Crippen LogP contribution in [0.25, 0.3) is 0 Å². The monoisotopic (exact) mass is 165 g/mol. The van der Waals surface area contributed by atoms with Crippen LogP contribution >= 0.6 is 12.4 Å². The number of hydrogen-bond acceptors (Lipinski definition) is 2. The molecule has 3 nitrogen and oxygen atoms in total. The van der Waals surface area contributed by atoms with Crippen molar-refractivity contribution in [2.45, 2.75) is 25.8 Å². The number of hydrogen-bond donors (Lipinski definition) is 2. The molecule has 1 rings (SSSR count). The van der Waals surface area contributed by atoms with Crippen LogP contribution in [-0.2, 0) is 4.79 Å². The Bertz CT molecular complexity index is 145. The van der Waals surface area contributed by atoms with Crippen molar-refractivity contribution < 1.29 is 9.90 Å². The van der Waals surface area contributed by atoms with Crippen LogP contribution in [0.1, 0.15) is 19.8 Å². The summed E-state index contributed by atoms with van der Waals surface area (Å²) in [5.41, 5.74) is 5.27. The first-order valence-corrected chi connectivity index (χ1v) is 3.05. The molecule has 0 saturated heterocycles. The van der Waals surface area contributed by atoms with Gasteiger partial charge >= 0.3 is 5.97 Å². The second-order valence-corrected chi connectivity index (χ2v) is 2.97. The van der Waals surface area contributed by atoms with Crippen molar-refractivity contribution in [3.05, 3.63) is 0 Å². The first-order valence-electron chi connectivity index (χ1n) is 3.05. The summed E-state index contributed by atoms with van der Waals surface area (Å²) in [4.78, 5) is 10.3. The van der Waals surface area contributed by atoms with Gasteiger partial charge in [-0.05, 0) is 18.3 Å². The van der Waals surface area contributed by atoms with Crippen LogP contribution in [0.3, 0.4) is 0 Å². The van der Waals surface area contributed by atoms with Gasteiger partial charge in [-0.2, -0.15) is 0 Å². The zero-order valence-corrected chi connectivity index (χ0v) is 6.65. The van der Waals surface area contributed by atoms with E-state index in [9.17, 15) is 4.79 Å². The summed E-state index contributed by atoms with van der Waals surface area (Å²) in [6.45, 7) is 1.91. The van der Waals surface area contributed by atoms with Crippen molar-refractivity contribution in [3.8, 4) is 0 Å². The van der Waals surface area contributed by atoms with E-state index in [0.29, 0.717) is 0 Å². The smallest absolute Gasteiger partial charge is 0.321 e. The van der Waals surface area contributed by atoms with Gasteiger partial charge in [-0.25, -0.2) is 0 Å². The van der Waals surface area contributed by atoms with Crippen LogP contribution in [-0.4, -0.2) is 17.1 Å². The molecule has 0 aliphatic heterocycles. The van der Waals surface area contributed by atoms with Crippen molar-refractivity contribution in [2.75, 3.05) is 0 Å². The highest BCUT2D eigenvalue weighted by molar-refractivity contribution is 5.85. The molecule has 0 aromatic rings. The van der Waals surface area contributed by atoms with Crippen LogP contribution in [0.15, 0.2) is 0 Å². The molecular weight excluding hydrogens is 154 g/mol. The fourth-order valence-corrected chi connectivity index (χ4v) is 0.806. The van der Waals surface area contributed by atoms with E-state index in [1.165, 1.54) is 0 Å². The second-order valence-electron chi connectivity index (χ2n) is 2.97. The zero-order valence-electron chi connectivity index (χ0n) is 5.83. The average molecular weight is 166 g/mol. The van der Waals surface area contributed by atoms with Gasteiger partial charge in [0, 0.05) is 0 Å². The van der Waals surface area contributed by atoms with E-state index in [1.807, 2.05) is 6.92 Å². The standard InChI is InChI=1S/C6H11NO2.ClH/c1-6(2-3-6)4(7)5(8)9;/h4H,2-3,7H2,1H3,(H,8,9);1H/t4-;/m1./s1. The quantitative estimate of drug-likeness (QED) is 0.631. The Morgan fingerprint density at radius 3 is 2.20 bits per heavy atom. The summed E-state index contributed by atoms with van der Waals surface area (Å²) >= 11 is 0. The fraction of sp³-hybridized carbons (Fsp3) is 0.833. The molecule has 4 heteroatoms. The summed E-state index contributed by atoms with van der Waals surface area (Å²) < 4.78 is 0. The van der Waals surface area contributed by atoms with Gasteiger partial charge in [0.05, 0.1) is 0 Å². The summed E-state index contributed by atoms with van der Waals surface area (Å²) in [6.07, 6.45) is 1.92. The second kappa shape index (κ2) is 2.76. The lowest BCUT2D eigenvalue weighted by Gasteiger charge is -2.12. The van der Waals surface area contributed by atoms with Gasteiger partial charge in [0.25, 0.3) is 0 Å². The molecule has 0 unspecified atom stereocenters. The van der Waals surface area contributed by atoms with Crippen molar-refractivity contribution in [1.82, 2.24) is 0 Å². The fourth-order valence-electron chi connectivity index (χ4n) is 0.806. The Morgan fingerprint density at radius 2 is 2.10 bits per heavy atom. The number of nitrogens with two attached hydrogens (primary N) is 1. The average Bonchev–Trinajstić information content (AvgIpc) is 2.47. The number of carboxylic acids is 1. The summed E-state index contributed by atoms with van der Waals surface area (Å²) in [5.74, 6) is -0.880. The lowest BCUT2D eigenvalue weighted by Crippen LogP contribution is -2.37. The van der Waals surface area contributed by atoms with Crippen LogP contribution in [0.5, 0.6) is 0 Å². The van der Waals surface area contributed by atoms with Gasteiger partial charge in [-0.3, -0.25) is 4.79 Å². The Kier molecular flexibility index (Phi) is 2.68. The minimum Gasteiger partial charge on any atom is -0.480 e. The number of rotatable bonds is 2. The SMILES string of the molecule is CC1([C@H](N)C(=O)O)CC1.Cl. The lowest BCUT2D eigenvalue weighted by molar-refractivity contribution is -0.140. The van der Waals surface area contributed by atoms with E-state index in [1.54, 1.807) is 0 Å². The molecule has 0 amide bonds. The number of halogens is 1. The highest BCUT2D eigenvalue weighted by Crippen LogP contribution is 2.47. The van der Waals surface area contributed by atoms with E-state index in [-0.39, 0.29) is 17.8 Å². The third-order valence-corrected chi connectivity index (χ3v) is 2.06. The minimum absolute atomic E-state index is 0. The van der Waals surface area contributed by atoms with Crippen LogP contribution in [0.4, 0.5) is 0 Å². The molecule has 0 aromatic heterocycles. The number of aliphatic carboxylic acids is 1. The lowest BCUT2D eigenvalue weighted by atomic mass is 10.0. The maximum absolute atomic E-state index is 10.3. The van der Waals surface area contributed by atoms with Gasteiger partial charge < -0.3 is 10.8 Å². The molecular formula is C6H12ClNO2. The van der Waals surface area contributed by atoms with Crippen molar-refractivity contribution in [2.24, 2.45) is 11.1 Å². The van der Waals surface area contributed by atoms with E-state index >= 15 is 0 Å². The van der Waals surface area contributed by atoms with E-state index in [2.05, 4.69) is 0 Å². The molecule has 0 heterocycles. The Labute approximate surface area is 66.0 Å². The highest BCUT2D eigenvalue weighted by atomic mass is 35.5. The number of carboxylic acid groups (broad SMARTS) is 1. The summed E-state index contributed by atoms with van der Waals surface area (Å²) in [6, 6.07) is -0.655.